The molecular formula is C17H21NO2. The summed E-state index contributed by atoms with van der Waals surface area (Å²) in [6.45, 7) is 3.44. The van der Waals surface area contributed by atoms with Gasteiger partial charge in [-0.05, 0) is 55.3 Å². The highest BCUT2D eigenvalue weighted by atomic mass is 16.5. The molecule has 0 aromatic heterocycles. The van der Waals surface area contributed by atoms with E-state index in [1.54, 1.807) is 0 Å². The van der Waals surface area contributed by atoms with Crippen LogP contribution in [0.4, 0.5) is 0 Å². The van der Waals surface area contributed by atoms with Gasteiger partial charge >= 0.3 is 0 Å². The van der Waals surface area contributed by atoms with Crippen molar-refractivity contribution in [1.82, 2.24) is 0 Å². The Bertz CT molecular complexity index is 523. The monoisotopic (exact) mass is 271 g/mol. The quantitative estimate of drug-likeness (QED) is 0.833. The van der Waals surface area contributed by atoms with Gasteiger partial charge in [0, 0.05) is 0 Å². The molecule has 0 aliphatic heterocycles. The number of ether oxygens (including phenoxy) is 2. The SMILES string of the molecule is CCCOc1ccc(Oc2ccccc2CCN)cc1. The molecule has 0 spiro atoms. The molecule has 0 saturated carbocycles. The van der Waals surface area contributed by atoms with E-state index in [1.165, 1.54) is 0 Å². The van der Waals surface area contributed by atoms with Crippen LogP contribution in [-0.2, 0) is 6.42 Å². The number of para-hydroxylation sites is 1. The van der Waals surface area contributed by atoms with E-state index in [9.17, 15) is 0 Å². The standard InChI is InChI=1S/C17H21NO2/c1-2-13-19-15-7-9-16(10-8-15)20-17-6-4-3-5-14(17)11-12-18/h3-10H,2,11-13,18H2,1H3. The first kappa shape index (κ1) is 14.4. The summed E-state index contributed by atoms with van der Waals surface area (Å²) >= 11 is 0. The van der Waals surface area contributed by atoms with Gasteiger partial charge in [-0.25, -0.2) is 0 Å². The zero-order valence-electron chi connectivity index (χ0n) is 11.8. The summed E-state index contributed by atoms with van der Waals surface area (Å²) in [5, 5.41) is 0. The fourth-order valence-corrected chi connectivity index (χ4v) is 1.92. The second-order valence-corrected chi connectivity index (χ2v) is 4.57. The van der Waals surface area contributed by atoms with Crippen molar-refractivity contribution in [2.24, 2.45) is 5.73 Å². The van der Waals surface area contributed by atoms with Crippen LogP contribution in [0, 0.1) is 0 Å². The summed E-state index contributed by atoms with van der Waals surface area (Å²) in [6, 6.07) is 15.7. The molecule has 3 heteroatoms. The molecule has 0 atom stereocenters. The number of nitrogens with two attached hydrogens (primary N) is 1. The van der Waals surface area contributed by atoms with Crippen LogP contribution in [0.1, 0.15) is 18.9 Å². The predicted octanol–water partition coefficient (Wildman–Crippen LogP) is 3.77. The van der Waals surface area contributed by atoms with E-state index >= 15 is 0 Å². The summed E-state index contributed by atoms with van der Waals surface area (Å²) < 4.78 is 11.5. The van der Waals surface area contributed by atoms with E-state index < -0.39 is 0 Å². The summed E-state index contributed by atoms with van der Waals surface area (Å²) in [5.74, 6) is 2.54. The molecule has 0 aliphatic carbocycles. The topological polar surface area (TPSA) is 44.5 Å². The summed E-state index contributed by atoms with van der Waals surface area (Å²) in [5.41, 5.74) is 6.74. The first-order valence-corrected chi connectivity index (χ1v) is 7.02. The van der Waals surface area contributed by atoms with Crippen molar-refractivity contribution in [3.8, 4) is 17.2 Å². The maximum Gasteiger partial charge on any atom is 0.130 e. The number of rotatable bonds is 7. The van der Waals surface area contributed by atoms with Crippen LogP contribution < -0.4 is 15.2 Å². The van der Waals surface area contributed by atoms with Gasteiger partial charge < -0.3 is 15.2 Å². The number of hydrogen-bond acceptors (Lipinski definition) is 3. The molecule has 0 heterocycles. The van der Waals surface area contributed by atoms with Gasteiger partial charge in [-0.15, -0.1) is 0 Å². The van der Waals surface area contributed by atoms with E-state index in [2.05, 4.69) is 6.92 Å². The Labute approximate surface area is 120 Å². The summed E-state index contributed by atoms with van der Waals surface area (Å²) in [7, 11) is 0. The van der Waals surface area contributed by atoms with E-state index in [1.807, 2.05) is 48.5 Å². The minimum Gasteiger partial charge on any atom is -0.494 e. The van der Waals surface area contributed by atoms with Crippen molar-refractivity contribution in [2.45, 2.75) is 19.8 Å². The van der Waals surface area contributed by atoms with E-state index in [0.29, 0.717) is 6.54 Å². The zero-order valence-corrected chi connectivity index (χ0v) is 11.8. The highest BCUT2D eigenvalue weighted by molar-refractivity contribution is 5.39. The highest BCUT2D eigenvalue weighted by Gasteiger charge is 2.04. The number of hydrogen-bond donors (Lipinski definition) is 1. The molecule has 0 fully saturated rings. The van der Waals surface area contributed by atoms with Gasteiger partial charge in [0.05, 0.1) is 6.61 Å². The molecule has 0 amide bonds. The molecule has 0 aliphatic rings. The van der Waals surface area contributed by atoms with Crippen molar-refractivity contribution in [2.75, 3.05) is 13.2 Å². The first-order chi connectivity index (χ1) is 9.83. The third-order valence-electron chi connectivity index (χ3n) is 2.91. The normalized spacial score (nSPS) is 10.3. The van der Waals surface area contributed by atoms with Crippen LogP contribution in [0.5, 0.6) is 17.2 Å². The smallest absolute Gasteiger partial charge is 0.130 e. The lowest BCUT2D eigenvalue weighted by molar-refractivity contribution is 0.317. The molecule has 0 bridgehead atoms. The number of benzene rings is 2. The van der Waals surface area contributed by atoms with Gasteiger partial charge in [-0.2, -0.15) is 0 Å². The van der Waals surface area contributed by atoms with Crippen LogP contribution in [0.3, 0.4) is 0 Å². The lowest BCUT2D eigenvalue weighted by Crippen LogP contribution is -2.03. The van der Waals surface area contributed by atoms with Crippen molar-refractivity contribution < 1.29 is 9.47 Å². The summed E-state index contributed by atoms with van der Waals surface area (Å²) in [4.78, 5) is 0. The van der Waals surface area contributed by atoms with Crippen molar-refractivity contribution in [1.29, 1.82) is 0 Å². The van der Waals surface area contributed by atoms with Gasteiger partial charge in [0.15, 0.2) is 0 Å². The molecular weight excluding hydrogens is 250 g/mol. The molecule has 20 heavy (non-hydrogen) atoms. The van der Waals surface area contributed by atoms with Crippen LogP contribution in [0.25, 0.3) is 0 Å². The van der Waals surface area contributed by atoms with E-state index in [-0.39, 0.29) is 0 Å². The minimum absolute atomic E-state index is 0.615. The molecule has 2 rings (SSSR count). The maximum atomic E-state index is 5.91. The molecule has 3 nitrogen and oxygen atoms in total. The van der Waals surface area contributed by atoms with Crippen LogP contribution >= 0.6 is 0 Å². The second-order valence-electron chi connectivity index (χ2n) is 4.57. The average Bonchev–Trinajstić information content (AvgIpc) is 2.49. The van der Waals surface area contributed by atoms with Gasteiger partial charge in [0.25, 0.3) is 0 Å². The Morgan fingerprint density at radius 1 is 0.950 bits per heavy atom. The molecule has 0 radical (unpaired) electrons. The Balaban J connectivity index is 2.06. The summed E-state index contributed by atoms with van der Waals surface area (Å²) in [6.07, 6.45) is 1.82. The van der Waals surface area contributed by atoms with Crippen LogP contribution in [0.15, 0.2) is 48.5 Å². The Hall–Kier alpha value is -2.00. The maximum absolute atomic E-state index is 5.91. The van der Waals surface area contributed by atoms with Crippen molar-refractivity contribution in [3.05, 3.63) is 54.1 Å². The van der Waals surface area contributed by atoms with Gasteiger partial charge in [0.2, 0.25) is 0 Å². The highest BCUT2D eigenvalue weighted by Crippen LogP contribution is 2.27. The third-order valence-corrected chi connectivity index (χ3v) is 2.91. The Morgan fingerprint density at radius 3 is 2.35 bits per heavy atom. The molecule has 2 N–H and O–H groups in total. The average molecular weight is 271 g/mol. The lowest BCUT2D eigenvalue weighted by atomic mass is 10.1. The lowest BCUT2D eigenvalue weighted by Gasteiger charge is -2.11. The van der Waals surface area contributed by atoms with Crippen LogP contribution in [-0.4, -0.2) is 13.2 Å². The fourth-order valence-electron chi connectivity index (χ4n) is 1.92. The van der Waals surface area contributed by atoms with Crippen molar-refractivity contribution >= 4 is 0 Å². The Kier molecular flexibility index (Phi) is 5.44. The van der Waals surface area contributed by atoms with Gasteiger partial charge in [-0.1, -0.05) is 25.1 Å². The van der Waals surface area contributed by atoms with Gasteiger partial charge in [0.1, 0.15) is 17.2 Å². The molecule has 2 aromatic rings. The van der Waals surface area contributed by atoms with Crippen molar-refractivity contribution in [3.63, 3.8) is 0 Å². The minimum atomic E-state index is 0.615. The van der Waals surface area contributed by atoms with E-state index in [0.717, 1.165) is 42.3 Å². The van der Waals surface area contributed by atoms with E-state index in [4.69, 9.17) is 15.2 Å². The third kappa shape index (κ3) is 4.00. The molecule has 0 saturated heterocycles. The fraction of sp³-hybridized carbons (Fsp3) is 0.294. The molecule has 106 valence electrons. The largest absolute Gasteiger partial charge is 0.494 e. The Morgan fingerprint density at radius 2 is 1.65 bits per heavy atom. The van der Waals surface area contributed by atoms with Crippen LogP contribution in [0.2, 0.25) is 0 Å². The zero-order chi connectivity index (χ0) is 14.2. The first-order valence-electron chi connectivity index (χ1n) is 7.02. The second kappa shape index (κ2) is 7.56. The molecule has 0 unspecified atom stereocenters. The van der Waals surface area contributed by atoms with Gasteiger partial charge in [-0.3, -0.25) is 0 Å². The molecule has 2 aromatic carbocycles. The predicted molar refractivity (Wildman–Crippen MR) is 81.5 cm³/mol.